The smallest absolute Gasteiger partial charge is 0.325 e. The van der Waals surface area contributed by atoms with Gasteiger partial charge in [0.05, 0.1) is 12.1 Å². The van der Waals surface area contributed by atoms with Gasteiger partial charge in [0.1, 0.15) is 0 Å². The van der Waals surface area contributed by atoms with Gasteiger partial charge in [0, 0.05) is 18.0 Å². The van der Waals surface area contributed by atoms with Gasteiger partial charge in [-0.15, -0.1) is 0 Å². The molecule has 0 spiro atoms. The molecule has 7 heteroatoms. The van der Waals surface area contributed by atoms with E-state index in [-0.39, 0.29) is 0 Å². The minimum atomic E-state index is -4.86. The van der Waals surface area contributed by atoms with Crippen LogP contribution in [-0.2, 0) is 12.1 Å². The molecular weight excluding hydrogens is 219 g/mol. The SMILES string of the molecule is NCC(F)(F)c1ccncc1C(F)(F)F. The van der Waals surface area contributed by atoms with Crippen molar-refractivity contribution in [3.05, 3.63) is 29.6 Å². The molecule has 0 amide bonds. The van der Waals surface area contributed by atoms with Gasteiger partial charge in [0.25, 0.3) is 5.92 Å². The van der Waals surface area contributed by atoms with Gasteiger partial charge >= 0.3 is 6.18 Å². The number of nitrogens with zero attached hydrogens (tertiary/aromatic N) is 1. The van der Waals surface area contributed by atoms with Crippen LogP contribution in [0.3, 0.4) is 0 Å². The van der Waals surface area contributed by atoms with Gasteiger partial charge in [-0.2, -0.15) is 22.0 Å². The highest BCUT2D eigenvalue weighted by Crippen LogP contribution is 2.38. The average molecular weight is 226 g/mol. The lowest BCUT2D eigenvalue weighted by molar-refractivity contribution is -0.142. The van der Waals surface area contributed by atoms with Crippen molar-refractivity contribution in [1.82, 2.24) is 4.98 Å². The number of hydrogen-bond donors (Lipinski definition) is 1. The number of alkyl halides is 5. The van der Waals surface area contributed by atoms with Crippen molar-refractivity contribution < 1.29 is 22.0 Å². The lowest BCUT2D eigenvalue weighted by Crippen LogP contribution is -2.28. The van der Waals surface area contributed by atoms with E-state index in [4.69, 9.17) is 5.73 Å². The summed E-state index contributed by atoms with van der Waals surface area (Å²) >= 11 is 0. The van der Waals surface area contributed by atoms with E-state index in [2.05, 4.69) is 4.98 Å². The zero-order valence-electron chi connectivity index (χ0n) is 7.35. The third kappa shape index (κ3) is 2.41. The number of aromatic nitrogens is 1. The summed E-state index contributed by atoms with van der Waals surface area (Å²) in [6.45, 7) is -1.18. The van der Waals surface area contributed by atoms with Crippen molar-refractivity contribution in [3.63, 3.8) is 0 Å². The summed E-state index contributed by atoms with van der Waals surface area (Å²) in [5.74, 6) is -3.70. The fourth-order valence-corrected chi connectivity index (χ4v) is 1.05. The first kappa shape index (κ1) is 11.8. The van der Waals surface area contributed by atoms with Crippen LogP contribution in [0.25, 0.3) is 0 Å². The van der Waals surface area contributed by atoms with Gasteiger partial charge in [0.15, 0.2) is 0 Å². The molecule has 15 heavy (non-hydrogen) atoms. The van der Waals surface area contributed by atoms with Crippen molar-refractivity contribution >= 4 is 0 Å². The zero-order valence-corrected chi connectivity index (χ0v) is 7.35. The molecule has 0 atom stereocenters. The van der Waals surface area contributed by atoms with E-state index in [0.717, 1.165) is 6.20 Å². The number of halogens is 5. The number of nitrogens with two attached hydrogens (primary N) is 1. The number of hydrogen-bond acceptors (Lipinski definition) is 2. The molecule has 0 fully saturated rings. The highest BCUT2D eigenvalue weighted by atomic mass is 19.4. The number of rotatable bonds is 2. The van der Waals surface area contributed by atoms with Crippen LogP contribution in [0.5, 0.6) is 0 Å². The predicted molar refractivity (Wildman–Crippen MR) is 42.2 cm³/mol. The Labute approximate surface area is 81.9 Å². The second-order valence-corrected chi connectivity index (χ2v) is 2.83. The first-order chi connectivity index (χ1) is 6.79. The maximum absolute atomic E-state index is 13.0. The van der Waals surface area contributed by atoms with Gasteiger partial charge in [-0.25, -0.2) is 0 Å². The molecule has 84 valence electrons. The minimum Gasteiger partial charge on any atom is -0.325 e. The van der Waals surface area contributed by atoms with Crippen LogP contribution in [0.2, 0.25) is 0 Å². The second-order valence-electron chi connectivity index (χ2n) is 2.83. The standard InChI is InChI=1S/C8H7F5N2/c9-7(10,4-14)5-1-2-15-3-6(5)8(11,12)13/h1-3H,4,14H2. The summed E-state index contributed by atoms with van der Waals surface area (Å²) in [5.41, 5.74) is 2.11. The first-order valence-corrected chi connectivity index (χ1v) is 3.88. The van der Waals surface area contributed by atoms with Gasteiger partial charge in [-0.05, 0) is 6.07 Å². The van der Waals surface area contributed by atoms with Crippen LogP contribution in [-0.4, -0.2) is 11.5 Å². The Hall–Kier alpha value is -1.24. The van der Waals surface area contributed by atoms with Gasteiger partial charge in [-0.1, -0.05) is 0 Å². The molecule has 1 heterocycles. The van der Waals surface area contributed by atoms with Crippen molar-refractivity contribution in [2.45, 2.75) is 12.1 Å². The fraction of sp³-hybridized carbons (Fsp3) is 0.375. The Balaban J connectivity index is 3.31. The minimum absolute atomic E-state index is 0.360. The normalized spacial score (nSPS) is 12.9. The molecule has 0 bridgehead atoms. The quantitative estimate of drug-likeness (QED) is 0.784. The van der Waals surface area contributed by atoms with Crippen LogP contribution < -0.4 is 5.73 Å². The molecule has 0 unspecified atom stereocenters. The molecule has 2 nitrogen and oxygen atoms in total. The van der Waals surface area contributed by atoms with Crippen molar-refractivity contribution in [2.75, 3.05) is 6.54 Å². The molecular formula is C8H7F5N2. The van der Waals surface area contributed by atoms with Crippen molar-refractivity contribution in [3.8, 4) is 0 Å². The Morgan fingerprint density at radius 1 is 1.13 bits per heavy atom. The fourth-order valence-electron chi connectivity index (χ4n) is 1.05. The molecule has 0 aliphatic carbocycles. The van der Waals surface area contributed by atoms with E-state index in [0.29, 0.717) is 12.3 Å². The second kappa shape index (κ2) is 3.73. The van der Waals surface area contributed by atoms with E-state index < -0.39 is 29.8 Å². The lowest BCUT2D eigenvalue weighted by Gasteiger charge is -2.19. The van der Waals surface area contributed by atoms with Crippen LogP contribution in [0.15, 0.2) is 18.5 Å². The Morgan fingerprint density at radius 2 is 1.73 bits per heavy atom. The largest absolute Gasteiger partial charge is 0.418 e. The van der Waals surface area contributed by atoms with E-state index in [1.807, 2.05) is 0 Å². The summed E-state index contributed by atoms with van der Waals surface area (Å²) in [4.78, 5) is 3.17. The monoisotopic (exact) mass is 226 g/mol. The molecule has 0 aromatic carbocycles. The van der Waals surface area contributed by atoms with Crippen LogP contribution in [0, 0.1) is 0 Å². The zero-order chi connectivity index (χ0) is 11.7. The topological polar surface area (TPSA) is 38.9 Å². The lowest BCUT2D eigenvalue weighted by atomic mass is 10.0. The number of pyridine rings is 1. The maximum atomic E-state index is 13.0. The molecule has 2 N–H and O–H groups in total. The van der Waals surface area contributed by atoms with E-state index in [1.54, 1.807) is 0 Å². The molecule has 1 rings (SSSR count). The van der Waals surface area contributed by atoms with Crippen molar-refractivity contribution in [1.29, 1.82) is 0 Å². The summed E-state index contributed by atoms with van der Waals surface area (Å²) in [6, 6.07) is 0.621. The van der Waals surface area contributed by atoms with Gasteiger partial charge in [0.2, 0.25) is 0 Å². The maximum Gasteiger partial charge on any atom is 0.418 e. The van der Waals surface area contributed by atoms with Crippen LogP contribution in [0.1, 0.15) is 11.1 Å². The Morgan fingerprint density at radius 3 is 2.20 bits per heavy atom. The molecule has 1 aromatic heterocycles. The van der Waals surface area contributed by atoms with E-state index in [9.17, 15) is 22.0 Å². The summed E-state index contributed by atoms with van der Waals surface area (Å²) in [6.07, 6.45) is -3.63. The highest BCUT2D eigenvalue weighted by molar-refractivity contribution is 5.30. The molecule has 0 aliphatic heterocycles. The first-order valence-electron chi connectivity index (χ1n) is 3.88. The van der Waals surface area contributed by atoms with E-state index >= 15 is 0 Å². The molecule has 0 saturated heterocycles. The third-order valence-electron chi connectivity index (χ3n) is 1.78. The molecule has 0 radical (unpaired) electrons. The molecule has 1 aromatic rings. The van der Waals surface area contributed by atoms with Crippen LogP contribution >= 0.6 is 0 Å². The molecule has 0 saturated carbocycles. The van der Waals surface area contributed by atoms with Crippen LogP contribution in [0.4, 0.5) is 22.0 Å². The summed E-state index contributed by atoms with van der Waals surface area (Å²) in [7, 11) is 0. The van der Waals surface area contributed by atoms with E-state index in [1.165, 1.54) is 0 Å². The van der Waals surface area contributed by atoms with Gasteiger partial charge in [-0.3, -0.25) is 4.98 Å². The Bertz CT molecular complexity index is 347. The summed E-state index contributed by atoms with van der Waals surface area (Å²) < 4.78 is 62.9. The average Bonchev–Trinajstić information content (AvgIpc) is 2.16. The highest BCUT2D eigenvalue weighted by Gasteiger charge is 2.41. The molecule has 0 aliphatic rings. The van der Waals surface area contributed by atoms with Crippen molar-refractivity contribution in [2.24, 2.45) is 5.73 Å². The summed E-state index contributed by atoms with van der Waals surface area (Å²) in [5, 5.41) is 0. The van der Waals surface area contributed by atoms with Gasteiger partial charge < -0.3 is 5.73 Å². The third-order valence-corrected chi connectivity index (χ3v) is 1.78. The Kier molecular flexibility index (Phi) is 2.94. The predicted octanol–water partition coefficient (Wildman–Crippen LogP) is 2.15.